The molecule has 5 nitrogen and oxygen atoms in total. The van der Waals surface area contributed by atoms with E-state index in [9.17, 15) is 22.8 Å². The lowest BCUT2D eigenvalue weighted by Crippen LogP contribution is -2.40. The average molecular weight is 334 g/mol. The van der Waals surface area contributed by atoms with Crippen LogP contribution in [0, 0.1) is 0 Å². The van der Waals surface area contributed by atoms with E-state index in [1.807, 2.05) is 0 Å². The predicted octanol–water partition coefficient (Wildman–Crippen LogP) is 2.15. The monoisotopic (exact) mass is 334 g/mol. The largest absolute Gasteiger partial charge is 0.573 e. The first-order chi connectivity index (χ1) is 10.3. The van der Waals surface area contributed by atoms with Gasteiger partial charge in [0.15, 0.2) is 0 Å². The van der Waals surface area contributed by atoms with Crippen molar-refractivity contribution in [2.24, 2.45) is 0 Å². The van der Waals surface area contributed by atoms with Gasteiger partial charge in [0.05, 0.1) is 5.25 Å². The van der Waals surface area contributed by atoms with Gasteiger partial charge in [0.2, 0.25) is 11.8 Å². The van der Waals surface area contributed by atoms with Crippen LogP contribution in [0.1, 0.15) is 6.42 Å². The molecule has 120 valence electrons. The summed E-state index contributed by atoms with van der Waals surface area (Å²) in [6.45, 7) is 0.568. The second kappa shape index (κ2) is 6.91. The van der Waals surface area contributed by atoms with Crippen molar-refractivity contribution in [2.75, 3.05) is 17.6 Å². The Morgan fingerprint density at radius 3 is 2.91 bits per heavy atom. The molecule has 0 bridgehead atoms. The summed E-state index contributed by atoms with van der Waals surface area (Å²) in [6.07, 6.45) is -4.83. The summed E-state index contributed by atoms with van der Waals surface area (Å²) in [5, 5.41) is 4.62. The fourth-order valence-electron chi connectivity index (χ4n) is 1.87. The minimum absolute atomic E-state index is 0.0408. The lowest BCUT2D eigenvalue weighted by atomic mass is 10.2. The maximum Gasteiger partial charge on any atom is 0.573 e. The van der Waals surface area contributed by atoms with Gasteiger partial charge >= 0.3 is 6.36 Å². The van der Waals surface area contributed by atoms with Crippen molar-refractivity contribution < 1.29 is 27.5 Å². The van der Waals surface area contributed by atoms with Crippen LogP contribution in [0.15, 0.2) is 24.3 Å². The molecule has 1 saturated heterocycles. The molecule has 1 aliphatic heterocycles. The zero-order valence-electron chi connectivity index (χ0n) is 11.3. The van der Waals surface area contributed by atoms with Crippen LogP contribution in [0.3, 0.4) is 0 Å². The molecule has 1 fully saturated rings. The van der Waals surface area contributed by atoms with Crippen LogP contribution >= 0.6 is 11.8 Å². The number of rotatable bonds is 4. The molecule has 1 aromatic rings. The Hall–Kier alpha value is -1.90. The van der Waals surface area contributed by atoms with Crippen LogP contribution in [-0.2, 0) is 9.59 Å². The van der Waals surface area contributed by atoms with E-state index in [0.29, 0.717) is 6.54 Å². The Balaban J connectivity index is 1.93. The molecule has 0 radical (unpaired) electrons. The second-order valence-electron chi connectivity index (χ2n) is 4.48. The number of carbonyl (C=O) groups is 2. The summed E-state index contributed by atoms with van der Waals surface area (Å²) in [4.78, 5) is 23.4. The van der Waals surface area contributed by atoms with Crippen molar-refractivity contribution in [3.63, 3.8) is 0 Å². The molecule has 0 aromatic heterocycles. The molecule has 0 spiro atoms. The van der Waals surface area contributed by atoms with Crippen LogP contribution in [-0.4, -0.2) is 35.7 Å². The maximum absolute atomic E-state index is 12.1. The normalized spacial score (nSPS) is 18.5. The van der Waals surface area contributed by atoms with Crippen molar-refractivity contribution in [3.05, 3.63) is 24.3 Å². The number of thioether (sulfide) groups is 1. The van der Waals surface area contributed by atoms with Gasteiger partial charge in [0.25, 0.3) is 0 Å². The van der Waals surface area contributed by atoms with Crippen LogP contribution < -0.4 is 15.4 Å². The molecule has 1 heterocycles. The molecular formula is C13H13F3N2O3S. The molecule has 0 aliphatic carbocycles. The first kappa shape index (κ1) is 16.5. The number of anilines is 1. The van der Waals surface area contributed by atoms with Gasteiger partial charge in [0.1, 0.15) is 5.75 Å². The van der Waals surface area contributed by atoms with E-state index >= 15 is 0 Å². The summed E-state index contributed by atoms with van der Waals surface area (Å²) in [5.74, 6) is -0.354. The second-order valence-corrected chi connectivity index (χ2v) is 5.79. The summed E-state index contributed by atoms with van der Waals surface area (Å²) >= 11 is 1.37. The Kier molecular flexibility index (Phi) is 5.17. The number of benzene rings is 1. The molecule has 9 heteroatoms. The highest BCUT2D eigenvalue weighted by atomic mass is 32.2. The SMILES string of the molecule is O=C(C[C@H]1SCCNC1=O)Nc1cccc(OC(F)(F)F)c1. The maximum atomic E-state index is 12.1. The van der Waals surface area contributed by atoms with Crippen LogP contribution in [0.4, 0.5) is 18.9 Å². The van der Waals surface area contributed by atoms with Gasteiger partial charge in [-0.15, -0.1) is 24.9 Å². The topological polar surface area (TPSA) is 67.4 Å². The zero-order valence-corrected chi connectivity index (χ0v) is 12.1. The zero-order chi connectivity index (χ0) is 16.2. The number of ether oxygens (including phenoxy) is 1. The molecule has 0 unspecified atom stereocenters. The minimum Gasteiger partial charge on any atom is -0.406 e. The van der Waals surface area contributed by atoms with E-state index in [-0.39, 0.29) is 18.0 Å². The Morgan fingerprint density at radius 1 is 1.45 bits per heavy atom. The van der Waals surface area contributed by atoms with E-state index in [0.717, 1.165) is 17.9 Å². The highest BCUT2D eigenvalue weighted by Crippen LogP contribution is 2.25. The number of hydrogen-bond acceptors (Lipinski definition) is 4. The van der Waals surface area contributed by atoms with Crippen LogP contribution in [0.25, 0.3) is 0 Å². The number of amides is 2. The predicted molar refractivity (Wildman–Crippen MR) is 75.6 cm³/mol. The quantitative estimate of drug-likeness (QED) is 0.885. The third kappa shape index (κ3) is 5.14. The molecule has 1 atom stereocenters. The van der Waals surface area contributed by atoms with Gasteiger partial charge < -0.3 is 15.4 Å². The van der Waals surface area contributed by atoms with Gasteiger partial charge in [-0.3, -0.25) is 9.59 Å². The summed E-state index contributed by atoms with van der Waals surface area (Å²) < 4.78 is 40.2. The van der Waals surface area contributed by atoms with Crippen molar-refractivity contribution in [2.45, 2.75) is 18.0 Å². The third-order valence-electron chi connectivity index (χ3n) is 2.73. The van der Waals surface area contributed by atoms with Crippen molar-refractivity contribution in [1.82, 2.24) is 5.32 Å². The highest BCUT2D eigenvalue weighted by Gasteiger charge is 2.31. The Morgan fingerprint density at radius 2 is 2.23 bits per heavy atom. The van der Waals surface area contributed by atoms with E-state index in [4.69, 9.17) is 0 Å². The molecule has 2 rings (SSSR count). The molecule has 2 amide bonds. The first-order valence-corrected chi connectivity index (χ1v) is 7.43. The average Bonchev–Trinajstić information content (AvgIpc) is 2.40. The van der Waals surface area contributed by atoms with Crippen LogP contribution in [0.5, 0.6) is 5.75 Å². The van der Waals surface area contributed by atoms with E-state index < -0.39 is 23.3 Å². The number of alkyl halides is 3. The molecule has 2 N–H and O–H groups in total. The number of hydrogen-bond donors (Lipinski definition) is 2. The number of halogens is 3. The van der Waals surface area contributed by atoms with E-state index in [1.54, 1.807) is 0 Å². The van der Waals surface area contributed by atoms with Gasteiger partial charge in [-0.05, 0) is 12.1 Å². The highest BCUT2D eigenvalue weighted by molar-refractivity contribution is 8.00. The summed E-state index contributed by atoms with van der Waals surface area (Å²) in [5.41, 5.74) is 0.174. The lowest BCUT2D eigenvalue weighted by molar-refractivity contribution is -0.274. The van der Waals surface area contributed by atoms with E-state index in [1.165, 1.54) is 23.9 Å². The van der Waals surface area contributed by atoms with Crippen LogP contribution in [0.2, 0.25) is 0 Å². The van der Waals surface area contributed by atoms with Crippen molar-refractivity contribution >= 4 is 29.3 Å². The molecule has 22 heavy (non-hydrogen) atoms. The summed E-state index contributed by atoms with van der Waals surface area (Å²) in [6, 6.07) is 4.97. The van der Waals surface area contributed by atoms with Crippen molar-refractivity contribution in [1.29, 1.82) is 0 Å². The lowest BCUT2D eigenvalue weighted by Gasteiger charge is -2.20. The number of nitrogens with one attached hydrogen (secondary N) is 2. The minimum atomic E-state index is -4.79. The fourth-order valence-corrected chi connectivity index (χ4v) is 2.88. The molecule has 0 saturated carbocycles. The van der Waals surface area contributed by atoms with Gasteiger partial charge in [-0.1, -0.05) is 6.07 Å². The smallest absolute Gasteiger partial charge is 0.406 e. The van der Waals surface area contributed by atoms with Gasteiger partial charge in [0, 0.05) is 30.5 Å². The van der Waals surface area contributed by atoms with Gasteiger partial charge in [-0.2, -0.15) is 0 Å². The molecular weight excluding hydrogens is 321 g/mol. The standard InChI is InChI=1S/C13H13F3N2O3S/c14-13(15,16)21-9-3-1-2-8(6-9)18-11(19)7-10-12(20)17-4-5-22-10/h1-3,6,10H,4-5,7H2,(H,17,20)(H,18,19)/t10-/m1/s1. The fraction of sp³-hybridized carbons (Fsp3) is 0.385. The van der Waals surface area contributed by atoms with Crippen molar-refractivity contribution in [3.8, 4) is 5.75 Å². The Labute approximate surface area is 128 Å². The first-order valence-electron chi connectivity index (χ1n) is 6.38. The Bertz CT molecular complexity index is 566. The molecule has 1 aliphatic rings. The number of carbonyl (C=O) groups excluding carboxylic acids is 2. The van der Waals surface area contributed by atoms with E-state index in [2.05, 4.69) is 15.4 Å². The third-order valence-corrected chi connectivity index (χ3v) is 3.96. The van der Waals surface area contributed by atoms with Gasteiger partial charge in [-0.25, -0.2) is 0 Å². The molecule has 1 aromatic carbocycles. The summed E-state index contributed by atoms with van der Waals surface area (Å²) in [7, 11) is 0.